The standard InChI is InChI=1S/C20H22N2O3/c1-12-4-2-3-5-15(12)21-16(23)10-11-22-19(24)17-13-6-7-14(9-8-13)18(17)20(22)25/h2-7,13-14,17-18H,8-11H2,1H3,(H,21,23). The van der Waals surface area contributed by atoms with Crippen LogP contribution in [0.4, 0.5) is 5.69 Å². The molecule has 2 bridgehead atoms. The molecular weight excluding hydrogens is 316 g/mol. The first-order valence-corrected chi connectivity index (χ1v) is 8.95. The molecule has 3 amide bonds. The van der Waals surface area contributed by atoms with Gasteiger partial charge in [0.25, 0.3) is 0 Å². The van der Waals surface area contributed by atoms with Gasteiger partial charge in [0.1, 0.15) is 0 Å². The number of carbonyl (C=O) groups is 3. The number of nitrogens with zero attached hydrogens (tertiary/aromatic N) is 1. The zero-order chi connectivity index (χ0) is 17.6. The Labute approximate surface area is 147 Å². The summed E-state index contributed by atoms with van der Waals surface area (Å²) >= 11 is 0. The van der Waals surface area contributed by atoms with Gasteiger partial charge in [-0.25, -0.2) is 0 Å². The van der Waals surface area contributed by atoms with Crippen LogP contribution in [0.5, 0.6) is 0 Å². The Bertz CT molecular complexity index is 738. The van der Waals surface area contributed by atoms with Crippen LogP contribution in [-0.2, 0) is 14.4 Å². The molecule has 4 atom stereocenters. The van der Waals surface area contributed by atoms with Crippen LogP contribution in [0.15, 0.2) is 36.4 Å². The van der Waals surface area contributed by atoms with Gasteiger partial charge < -0.3 is 5.32 Å². The minimum atomic E-state index is -0.198. The molecule has 1 aliphatic heterocycles. The van der Waals surface area contributed by atoms with E-state index in [0.717, 1.165) is 24.1 Å². The molecule has 1 aromatic carbocycles. The van der Waals surface area contributed by atoms with E-state index in [1.165, 1.54) is 4.90 Å². The number of nitrogens with one attached hydrogen (secondary N) is 1. The van der Waals surface area contributed by atoms with E-state index in [-0.39, 0.29) is 54.4 Å². The van der Waals surface area contributed by atoms with E-state index in [0.29, 0.717) is 0 Å². The van der Waals surface area contributed by atoms with Crippen molar-refractivity contribution in [2.75, 3.05) is 11.9 Å². The molecule has 5 nitrogen and oxygen atoms in total. The monoisotopic (exact) mass is 338 g/mol. The van der Waals surface area contributed by atoms with Gasteiger partial charge in [0.2, 0.25) is 17.7 Å². The van der Waals surface area contributed by atoms with Crippen LogP contribution in [0.2, 0.25) is 0 Å². The number of rotatable bonds is 4. The maximum absolute atomic E-state index is 12.7. The minimum Gasteiger partial charge on any atom is -0.326 e. The van der Waals surface area contributed by atoms with Gasteiger partial charge >= 0.3 is 0 Å². The number of aryl methyl sites for hydroxylation is 1. The summed E-state index contributed by atoms with van der Waals surface area (Å²) in [6, 6.07) is 7.55. The first kappa shape index (κ1) is 16.1. The number of para-hydroxylation sites is 1. The lowest BCUT2D eigenvalue weighted by Gasteiger charge is -2.38. The van der Waals surface area contributed by atoms with Crippen LogP contribution in [0, 0.1) is 30.6 Å². The number of benzene rings is 1. The molecule has 5 heteroatoms. The van der Waals surface area contributed by atoms with Crippen molar-refractivity contribution in [2.45, 2.75) is 26.2 Å². The number of fused-ring (bicyclic) bond motifs is 1. The number of amides is 3. The number of hydrogen-bond acceptors (Lipinski definition) is 3. The molecule has 1 heterocycles. The molecule has 4 aliphatic rings. The highest BCUT2D eigenvalue weighted by Crippen LogP contribution is 2.49. The van der Waals surface area contributed by atoms with Crippen LogP contribution in [0.3, 0.4) is 0 Å². The first-order chi connectivity index (χ1) is 12.1. The van der Waals surface area contributed by atoms with Crippen LogP contribution >= 0.6 is 0 Å². The minimum absolute atomic E-state index is 0.0854. The smallest absolute Gasteiger partial charge is 0.233 e. The van der Waals surface area contributed by atoms with E-state index in [1.54, 1.807) is 0 Å². The van der Waals surface area contributed by atoms with Gasteiger partial charge in [-0.15, -0.1) is 0 Å². The number of hydrogen-bond donors (Lipinski definition) is 1. The van der Waals surface area contributed by atoms with E-state index in [4.69, 9.17) is 0 Å². The Morgan fingerprint density at radius 3 is 2.24 bits per heavy atom. The third-order valence-electron chi connectivity index (χ3n) is 5.83. The fourth-order valence-electron chi connectivity index (χ4n) is 4.50. The van der Waals surface area contributed by atoms with Crippen molar-refractivity contribution in [3.05, 3.63) is 42.0 Å². The van der Waals surface area contributed by atoms with Crippen molar-refractivity contribution in [2.24, 2.45) is 23.7 Å². The number of likely N-dealkylation sites (tertiary alicyclic amines) is 1. The van der Waals surface area contributed by atoms with Crippen LogP contribution in [-0.4, -0.2) is 29.2 Å². The maximum Gasteiger partial charge on any atom is 0.233 e. The summed E-state index contributed by atoms with van der Waals surface area (Å²) in [6.45, 7) is 2.10. The van der Waals surface area contributed by atoms with Crippen molar-refractivity contribution in [1.29, 1.82) is 0 Å². The Balaban J connectivity index is 1.40. The van der Waals surface area contributed by atoms with Gasteiger partial charge in [-0.3, -0.25) is 19.3 Å². The van der Waals surface area contributed by atoms with E-state index < -0.39 is 0 Å². The van der Waals surface area contributed by atoms with Crippen molar-refractivity contribution in [3.8, 4) is 0 Å². The highest BCUT2D eigenvalue weighted by atomic mass is 16.2. The Morgan fingerprint density at radius 1 is 1.08 bits per heavy atom. The van der Waals surface area contributed by atoms with E-state index >= 15 is 0 Å². The lowest BCUT2D eigenvalue weighted by Crippen LogP contribution is -2.38. The van der Waals surface area contributed by atoms with Gasteiger partial charge in [0.15, 0.2) is 0 Å². The van der Waals surface area contributed by atoms with Crippen molar-refractivity contribution >= 4 is 23.4 Å². The first-order valence-electron chi connectivity index (χ1n) is 8.95. The third-order valence-corrected chi connectivity index (χ3v) is 5.83. The molecule has 3 aliphatic carbocycles. The van der Waals surface area contributed by atoms with Crippen molar-refractivity contribution in [1.82, 2.24) is 4.90 Å². The number of carbonyl (C=O) groups excluding carboxylic acids is 3. The zero-order valence-corrected chi connectivity index (χ0v) is 14.3. The average Bonchev–Trinajstić information content (AvgIpc) is 2.89. The Hall–Kier alpha value is -2.43. The highest BCUT2D eigenvalue weighted by Gasteiger charge is 2.56. The lowest BCUT2D eigenvalue weighted by atomic mass is 9.63. The SMILES string of the molecule is Cc1ccccc1NC(=O)CCN1C(=O)C2C3C=CC(CC3)C2C1=O. The average molecular weight is 338 g/mol. The molecule has 2 fully saturated rings. The molecule has 25 heavy (non-hydrogen) atoms. The summed E-state index contributed by atoms with van der Waals surface area (Å²) < 4.78 is 0. The van der Waals surface area contributed by atoms with Crippen molar-refractivity contribution < 1.29 is 14.4 Å². The third kappa shape index (κ3) is 2.68. The summed E-state index contributed by atoms with van der Waals surface area (Å²) in [7, 11) is 0. The summed E-state index contributed by atoms with van der Waals surface area (Å²) in [5.74, 6) is -0.359. The number of imide groups is 1. The molecule has 0 aromatic heterocycles. The molecule has 1 saturated carbocycles. The quantitative estimate of drug-likeness (QED) is 0.678. The van der Waals surface area contributed by atoms with E-state index in [2.05, 4.69) is 17.5 Å². The van der Waals surface area contributed by atoms with Crippen molar-refractivity contribution in [3.63, 3.8) is 0 Å². The predicted molar refractivity (Wildman–Crippen MR) is 93.5 cm³/mol. The van der Waals surface area contributed by atoms with Gasteiger partial charge in [-0.2, -0.15) is 0 Å². The summed E-state index contributed by atoms with van der Waals surface area (Å²) in [5.41, 5.74) is 1.75. The fraction of sp³-hybridized carbons (Fsp3) is 0.450. The summed E-state index contributed by atoms with van der Waals surface area (Å²) in [6.07, 6.45) is 6.32. The molecule has 5 rings (SSSR count). The predicted octanol–water partition coefficient (Wildman–Crippen LogP) is 2.52. The number of allylic oxidation sites excluding steroid dienone is 2. The summed E-state index contributed by atoms with van der Waals surface area (Å²) in [4.78, 5) is 39.0. The fourth-order valence-corrected chi connectivity index (χ4v) is 4.50. The van der Waals surface area contributed by atoms with Crippen LogP contribution < -0.4 is 5.32 Å². The maximum atomic E-state index is 12.7. The summed E-state index contributed by atoms with van der Waals surface area (Å²) in [5, 5.41) is 2.86. The molecule has 1 saturated heterocycles. The molecule has 0 spiro atoms. The van der Waals surface area contributed by atoms with E-state index in [1.807, 2.05) is 31.2 Å². The van der Waals surface area contributed by atoms with Gasteiger partial charge in [-0.1, -0.05) is 30.4 Å². The van der Waals surface area contributed by atoms with Gasteiger partial charge in [0.05, 0.1) is 11.8 Å². The molecule has 1 N–H and O–H groups in total. The topological polar surface area (TPSA) is 66.5 Å². The Kier molecular flexibility index (Phi) is 3.94. The lowest BCUT2D eigenvalue weighted by molar-refractivity contribution is -0.140. The Morgan fingerprint density at radius 2 is 1.68 bits per heavy atom. The zero-order valence-electron chi connectivity index (χ0n) is 14.3. The second-order valence-electron chi connectivity index (χ2n) is 7.28. The second kappa shape index (κ2) is 6.14. The van der Waals surface area contributed by atoms with E-state index in [9.17, 15) is 14.4 Å². The number of anilines is 1. The van der Waals surface area contributed by atoms with Gasteiger partial charge in [-0.05, 0) is 43.2 Å². The van der Waals surface area contributed by atoms with Crippen LogP contribution in [0.1, 0.15) is 24.8 Å². The molecule has 1 aromatic rings. The van der Waals surface area contributed by atoms with Crippen LogP contribution in [0.25, 0.3) is 0 Å². The molecular formula is C20H22N2O3. The molecule has 4 unspecified atom stereocenters. The molecule has 130 valence electrons. The van der Waals surface area contributed by atoms with Gasteiger partial charge in [0, 0.05) is 18.7 Å². The largest absolute Gasteiger partial charge is 0.326 e. The molecule has 0 radical (unpaired) electrons. The highest BCUT2D eigenvalue weighted by molar-refractivity contribution is 6.06. The second-order valence-corrected chi connectivity index (χ2v) is 7.28. The normalized spacial score (nSPS) is 29.9.